The third-order valence-electron chi connectivity index (χ3n) is 4.25. The van der Waals surface area contributed by atoms with Crippen molar-refractivity contribution in [2.45, 2.75) is 44.3 Å². The molecule has 1 aliphatic rings. The number of aromatic nitrogens is 1. The van der Waals surface area contributed by atoms with Gasteiger partial charge >= 0.3 is 0 Å². The third kappa shape index (κ3) is 3.48. The highest BCUT2D eigenvalue weighted by Gasteiger charge is 2.34. The lowest BCUT2D eigenvalue weighted by Crippen LogP contribution is -2.56. The normalized spacial score (nSPS) is 25.3. The SMILES string of the molecule is CCNCc1cc(S(=O)(=O)N2CC(C)N(C)C(C)C2)c[nH]1. The van der Waals surface area contributed by atoms with Crippen LogP contribution >= 0.6 is 0 Å². The Morgan fingerprint density at radius 2 is 1.95 bits per heavy atom. The first kappa shape index (κ1) is 16.5. The molecule has 2 atom stereocenters. The summed E-state index contributed by atoms with van der Waals surface area (Å²) in [6.07, 6.45) is 1.59. The largest absolute Gasteiger partial charge is 0.363 e. The summed E-state index contributed by atoms with van der Waals surface area (Å²) in [5, 5.41) is 3.18. The summed E-state index contributed by atoms with van der Waals surface area (Å²) in [6.45, 7) is 8.73. The molecule has 2 heterocycles. The average Bonchev–Trinajstić information content (AvgIpc) is 2.91. The van der Waals surface area contributed by atoms with Crippen molar-refractivity contribution in [1.82, 2.24) is 19.5 Å². The van der Waals surface area contributed by atoms with Crippen LogP contribution in [0.5, 0.6) is 0 Å². The molecule has 2 rings (SSSR count). The van der Waals surface area contributed by atoms with Gasteiger partial charge in [0.25, 0.3) is 0 Å². The summed E-state index contributed by atoms with van der Waals surface area (Å²) >= 11 is 0. The second-order valence-corrected chi connectivity index (χ2v) is 7.76. The van der Waals surface area contributed by atoms with Crippen LogP contribution in [0.15, 0.2) is 17.2 Å². The summed E-state index contributed by atoms with van der Waals surface area (Å²) < 4.78 is 27.1. The number of likely N-dealkylation sites (N-methyl/N-ethyl adjacent to an activating group) is 1. The van der Waals surface area contributed by atoms with Crippen LogP contribution in [0.1, 0.15) is 26.5 Å². The number of piperazine rings is 1. The fourth-order valence-corrected chi connectivity index (χ4v) is 4.25. The van der Waals surface area contributed by atoms with E-state index in [1.807, 2.05) is 14.0 Å². The molecule has 0 amide bonds. The molecule has 1 aliphatic heterocycles. The first-order valence-corrected chi connectivity index (χ1v) is 8.90. The van der Waals surface area contributed by atoms with E-state index in [0.29, 0.717) is 24.5 Å². The van der Waals surface area contributed by atoms with Crippen molar-refractivity contribution in [1.29, 1.82) is 0 Å². The van der Waals surface area contributed by atoms with E-state index in [4.69, 9.17) is 0 Å². The third-order valence-corrected chi connectivity index (χ3v) is 6.06. The van der Waals surface area contributed by atoms with Gasteiger partial charge in [-0.3, -0.25) is 4.90 Å². The molecule has 120 valence electrons. The fourth-order valence-electron chi connectivity index (χ4n) is 2.63. The molecule has 7 heteroatoms. The Hall–Kier alpha value is -0.890. The number of H-pyrrole nitrogens is 1. The number of sulfonamides is 1. The number of rotatable bonds is 5. The molecule has 1 aromatic rings. The van der Waals surface area contributed by atoms with E-state index in [2.05, 4.69) is 29.0 Å². The van der Waals surface area contributed by atoms with Crippen LogP contribution in [0.3, 0.4) is 0 Å². The zero-order valence-electron chi connectivity index (χ0n) is 13.3. The molecule has 0 spiro atoms. The minimum atomic E-state index is -3.41. The lowest BCUT2D eigenvalue weighted by atomic mass is 10.1. The Balaban J connectivity index is 2.16. The molecule has 0 bridgehead atoms. The van der Waals surface area contributed by atoms with E-state index in [1.165, 1.54) is 0 Å². The first-order chi connectivity index (χ1) is 9.86. The zero-order chi connectivity index (χ0) is 15.6. The predicted octanol–water partition coefficient (Wildman–Crippen LogP) is 0.837. The van der Waals surface area contributed by atoms with Crippen molar-refractivity contribution in [3.05, 3.63) is 18.0 Å². The van der Waals surface area contributed by atoms with Crippen LogP contribution in [0.4, 0.5) is 0 Å². The quantitative estimate of drug-likeness (QED) is 0.845. The van der Waals surface area contributed by atoms with Gasteiger partial charge in [0.1, 0.15) is 0 Å². The lowest BCUT2D eigenvalue weighted by molar-refractivity contribution is 0.105. The molecule has 6 nitrogen and oxygen atoms in total. The van der Waals surface area contributed by atoms with Crippen LogP contribution in [-0.2, 0) is 16.6 Å². The van der Waals surface area contributed by atoms with Gasteiger partial charge in [0.15, 0.2) is 0 Å². The molecular weight excluding hydrogens is 288 g/mol. The lowest BCUT2D eigenvalue weighted by Gasteiger charge is -2.41. The molecule has 2 N–H and O–H groups in total. The van der Waals surface area contributed by atoms with Crippen LogP contribution in [0.25, 0.3) is 0 Å². The molecule has 1 aromatic heterocycles. The molecular formula is C14H26N4O2S. The maximum absolute atomic E-state index is 12.7. The smallest absolute Gasteiger partial charge is 0.244 e. The topological polar surface area (TPSA) is 68.4 Å². The highest BCUT2D eigenvalue weighted by Crippen LogP contribution is 2.22. The van der Waals surface area contributed by atoms with Gasteiger partial charge in [0.2, 0.25) is 10.0 Å². The predicted molar refractivity (Wildman–Crippen MR) is 83.6 cm³/mol. The molecule has 0 saturated carbocycles. The van der Waals surface area contributed by atoms with Crippen molar-refractivity contribution >= 4 is 10.0 Å². The Kier molecular flexibility index (Phi) is 5.08. The molecule has 0 radical (unpaired) electrons. The Morgan fingerprint density at radius 1 is 1.33 bits per heavy atom. The van der Waals surface area contributed by atoms with Gasteiger partial charge in [0, 0.05) is 43.6 Å². The van der Waals surface area contributed by atoms with Crippen LogP contribution < -0.4 is 5.32 Å². The van der Waals surface area contributed by atoms with Crippen molar-refractivity contribution in [3.8, 4) is 0 Å². The van der Waals surface area contributed by atoms with E-state index < -0.39 is 10.0 Å². The summed E-state index contributed by atoms with van der Waals surface area (Å²) in [6, 6.07) is 2.18. The van der Waals surface area contributed by atoms with Crippen LogP contribution in [0, 0.1) is 0 Å². The highest BCUT2D eigenvalue weighted by atomic mass is 32.2. The molecule has 21 heavy (non-hydrogen) atoms. The minimum Gasteiger partial charge on any atom is -0.363 e. The average molecular weight is 314 g/mol. The molecule has 0 aliphatic carbocycles. The van der Waals surface area contributed by atoms with Gasteiger partial charge in [0.05, 0.1) is 4.90 Å². The standard InChI is InChI=1S/C14H26N4O2S/c1-5-15-7-13-6-14(8-16-13)21(19,20)18-9-11(2)17(4)12(3)10-18/h6,8,11-12,15-16H,5,7,9-10H2,1-4H3. The number of nitrogens with one attached hydrogen (secondary N) is 2. The zero-order valence-corrected chi connectivity index (χ0v) is 14.1. The van der Waals surface area contributed by atoms with Gasteiger partial charge in [-0.05, 0) is 33.5 Å². The van der Waals surface area contributed by atoms with Crippen LogP contribution in [0.2, 0.25) is 0 Å². The Labute approximate surface area is 127 Å². The fraction of sp³-hybridized carbons (Fsp3) is 0.714. The molecule has 2 unspecified atom stereocenters. The molecule has 1 saturated heterocycles. The van der Waals surface area contributed by atoms with E-state index in [0.717, 1.165) is 12.2 Å². The van der Waals surface area contributed by atoms with Crippen LogP contribution in [-0.4, -0.2) is 61.4 Å². The van der Waals surface area contributed by atoms with Gasteiger partial charge in [-0.2, -0.15) is 4.31 Å². The van der Waals surface area contributed by atoms with Crippen molar-refractivity contribution in [2.24, 2.45) is 0 Å². The summed E-state index contributed by atoms with van der Waals surface area (Å²) in [5.74, 6) is 0. The van der Waals surface area contributed by atoms with Gasteiger partial charge in [-0.25, -0.2) is 8.42 Å². The second kappa shape index (κ2) is 6.48. The number of nitrogens with zero attached hydrogens (tertiary/aromatic N) is 2. The van der Waals surface area contributed by atoms with Crippen molar-refractivity contribution in [3.63, 3.8) is 0 Å². The monoisotopic (exact) mass is 314 g/mol. The number of hydrogen-bond acceptors (Lipinski definition) is 4. The first-order valence-electron chi connectivity index (χ1n) is 7.46. The van der Waals surface area contributed by atoms with E-state index in [-0.39, 0.29) is 12.1 Å². The Bertz CT molecular complexity index is 557. The van der Waals surface area contributed by atoms with Crippen molar-refractivity contribution in [2.75, 3.05) is 26.7 Å². The second-order valence-electron chi connectivity index (χ2n) is 5.83. The van der Waals surface area contributed by atoms with E-state index >= 15 is 0 Å². The minimum absolute atomic E-state index is 0.226. The maximum Gasteiger partial charge on any atom is 0.244 e. The van der Waals surface area contributed by atoms with E-state index in [1.54, 1.807) is 16.6 Å². The Morgan fingerprint density at radius 3 is 2.52 bits per heavy atom. The van der Waals surface area contributed by atoms with Crippen molar-refractivity contribution < 1.29 is 8.42 Å². The summed E-state index contributed by atoms with van der Waals surface area (Å²) in [7, 11) is -1.36. The number of aromatic amines is 1. The highest BCUT2D eigenvalue weighted by molar-refractivity contribution is 7.89. The molecule has 0 aromatic carbocycles. The van der Waals surface area contributed by atoms with Gasteiger partial charge < -0.3 is 10.3 Å². The molecule has 1 fully saturated rings. The van der Waals surface area contributed by atoms with E-state index in [9.17, 15) is 8.42 Å². The summed E-state index contributed by atoms with van der Waals surface area (Å²) in [5.41, 5.74) is 0.894. The maximum atomic E-state index is 12.7. The number of hydrogen-bond donors (Lipinski definition) is 2. The summed E-state index contributed by atoms with van der Waals surface area (Å²) in [4.78, 5) is 5.62. The van der Waals surface area contributed by atoms with Gasteiger partial charge in [-0.1, -0.05) is 6.92 Å². The van der Waals surface area contributed by atoms with Gasteiger partial charge in [-0.15, -0.1) is 0 Å².